The van der Waals surface area contributed by atoms with Crippen LogP contribution in [0.1, 0.15) is 16.7 Å². The van der Waals surface area contributed by atoms with E-state index in [0.717, 1.165) is 22.0 Å². The number of hydrogen-bond acceptors (Lipinski definition) is 4. The van der Waals surface area contributed by atoms with Gasteiger partial charge < -0.3 is 4.98 Å². The van der Waals surface area contributed by atoms with Crippen LogP contribution in [0.25, 0.3) is 10.9 Å². The highest BCUT2D eigenvalue weighted by Gasteiger charge is 2.48. The van der Waals surface area contributed by atoms with E-state index < -0.39 is 27.5 Å². The number of nitrogens with zero attached hydrogens (tertiary/aromatic N) is 1. The van der Waals surface area contributed by atoms with Crippen molar-refractivity contribution in [3.05, 3.63) is 108 Å². The highest BCUT2D eigenvalue weighted by Crippen LogP contribution is 2.25. The lowest BCUT2D eigenvalue weighted by Crippen LogP contribution is -2.51. The molecule has 0 unspecified atom stereocenters. The molecule has 2 N–H and O–H groups in total. The Labute approximate surface area is 206 Å². The van der Waals surface area contributed by atoms with Crippen molar-refractivity contribution < 1.29 is 26.4 Å². The van der Waals surface area contributed by atoms with Crippen LogP contribution in [0, 0.1) is 0 Å². The third kappa shape index (κ3) is 5.95. The molecule has 3 aromatic carbocycles. The third-order valence-electron chi connectivity index (χ3n) is 5.83. The number of amides is 1. The van der Waals surface area contributed by atoms with Crippen molar-refractivity contribution in [2.75, 3.05) is 0 Å². The number of halogens is 3. The Kier molecular flexibility index (Phi) is 7.46. The number of aromatic nitrogens is 1. The van der Waals surface area contributed by atoms with Gasteiger partial charge in [0.2, 0.25) is 0 Å². The summed E-state index contributed by atoms with van der Waals surface area (Å²) >= 11 is 0. The summed E-state index contributed by atoms with van der Waals surface area (Å²) < 4.78 is 64.3. The van der Waals surface area contributed by atoms with E-state index >= 15 is 0 Å². The Bertz CT molecular complexity index is 1380. The summed E-state index contributed by atoms with van der Waals surface area (Å²) in [5.74, 6) is -1.25. The zero-order valence-electron chi connectivity index (χ0n) is 19.1. The number of rotatable bonds is 9. The van der Waals surface area contributed by atoms with Gasteiger partial charge in [0.15, 0.2) is 0 Å². The van der Waals surface area contributed by atoms with Crippen LogP contribution >= 0.6 is 0 Å². The van der Waals surface area contributed by atoms with Crippen LogP contribution < -0.4 is 4.72 Å². The van der Waals surface area contributed by atoms with Crippen LogP contribution in [0.3, 0.4) is 0 Å². The molecule has 1 heterocycles. The number of carbonyl (C=O) groups excluding carboxylic acids is 1. The second kappa shape index (κ2) is 10.5. The van der Waals surface area contributed by atoms with E-state index in [-0.39, 0.29) is 19.5 Å². The number of hydrogen-bond donors (Lipinski definition) is 2. The van der Waals surface area contributed by atoms with E-state index in [9.17, 15) is 26.4 Å². The Hall–Kier alpha value is -3.63. The van der Waals surface area contributed by atoms with Gasteiger partial charge in [0.05, 0.1) is 6.04 Å². The van der Waals surface area contributed by atoms with Gasteiger partial charge >= 0.3 is 15.5 Å². The molecule has 0 bridgehead atoms. The first-order chi connectivity index (χ1) is 17.1. The SMILES string of the molecule is O=C(NS(=O)(=O)C(F)(F)F)[C@@H](Cc1c[nH]c2ccccc12)N(Cc1ccccc1)Cc1ccccc1. The standard InChI is InChI=1S/C26H24F3N3O3S/c27-26(28,29)36(34,35)31-25(33)24(15-21-16-30-23-14-8-7-13-22(21)23)32(17-19-9-3-1-4-10-19)18-20-11-5-2-6-12-20/h1-14,16,24,30H,15,17-18H2,(H,31,33)/t24-/m1/s1. The molecule has 0 aliphatic heterocycles. The molecule has 0 fully saturated rings. The molecule has 0 radical (unpaired) electrons. The van der Waals surface area contributed by atoms with E-state index in [1.165, 1.54) is 4.72 Å². The fraction of sp³-hybridized carbons (Fsp3) is 0.192. The van der Waals surface area contributed by atoms with Crippen LogP contribution in [0.15, 0.2) is 91.1 Å². The van der Waals surface area contributed by atoms with Crippen LogP contribution in [0.5, 0.6) is 0 Å². The van der Waals surface area contributed by atoms with Crippen molar-refractivity contribution in [1.82, 2.24) is 14.6 Å². The summed E-state index contributed by atoms with van der Waals surface area (Å²) in [7, 11) is -5.88. The van der Waals surface area contributed by atoms with Crippen molar-refractivity contribution in [2.24, 2.45) is 0 Å². The topological polar surface area (TPSA) is 82.3 Å². The monoisotopic (exact) mass is 515 g/mol. The minimum absolute atomic E-state index is 0.0110. The molecule has 1 atom stereocenters. The summed E-state index contributed by atoms with van der Waals surface area (Å²) in [5.41, 5.74) is -2.49. The van der Waals surface area contributed by atoms with Crippen LogP contribution in [-0.4, -0.2) is 35.8 Å². The van der Waals surface area contributed by atoms with E-state index in [1.54, 1.807) is 11.1 Å². The van der Waals surface area contributed by atoms with Gasteiger partial charge in [-0.05, 0) is 29.2 Å². The van der Waals surface area contributed by atoms with Crippen molar-refractivity contribution >= 4 is 26.8 Å². The molecular formula is C26H24F3N3O3S. The maximum absolute atomic E-state index is 13.2. The molecule has 4 aromatic rings. The number of H-pyrrole nitrogens is 1. The van der Waals surface area contributed by atoms with Crippen LogP contribution in [0.2, 0.25) is 0 Å². The van der Waals surface area contributed by atoms with Gasteiger partial charge in [-0.15, -0.1) is 0 Å². The number of nitrogens with one attached hydrogen (secondary N) is 2. The number of alkyl halides is 3. The predicted molar refractivity (Wildman–Crippen MR) is 131 cm³/mol. The number of aromatic amines is 1. The fourth-order valence-corrected chi connectivity index (χ4v) is 4.58. The highest BCUT2D eigenvalue weighted by atomic mass is 32.2. The van der Waals surface area contributed by atoms with Crippen molar-refractivity contribution in [2.45, 2.75) is 31.1 Å². The number of fused-ring (bicyclic) bond motifs is 1. The lowest BCUT2D eigenvalue weighted by Gasteiger charge is -2.31. The maximum atomic E-state index is 13.2. The van der Waals surface area contributed by atoms with Gasteiger partial charge in [-0.25, -0.2) is 4.72 Å². The molecule has 0 spiro atoms. The second-order valence-corrected chi connectivity index (χ2v) is 10.0. The van der Waals surface area contributed by atoms with Crippen LogP contribution in [0.4, 0.5) is 13.2 Å². The molecule has 188 valence electrons. The molecule has 4 rings (SSSR count). The van der Waals surface area contributed by atoms with E-state index in [4.69, 9.17) is 0 Å². The fourth-order valence-electron chi connectivity index (χ4n) is 4.07. The summed E-state index contributed by atoms with van der Waals surface area (Å²) in [6.07, 6.45) is 1.68. The zero-order chi connectivity index (χ0) is 25.8. The molecule has 1 amide bonds. The minimum atomic E-state index is -5.88. The third-order valence-corrected chi connectivity index (χ3v) is 6.91. The number of carbonyl (C=O) groups is 1. The quantitative estimate of drug-likeness (QED) is 0.337. The Balaban J connectivity index is 1.75. The van der Waals surface area contributed by atoms with E-state index in [0.29, 0.717) is 5.56 Å². The molecule has 0 saturated carbocycles. The molecule has 0 aliphatic carbocycles. The zero-order valence-corrected chi connectivity index (χ0v) is 19.9. The van der Waals surface area contributed by atoms with Crippen molar-refractivity contribution in [1.29, 1.82) is 0 Å². The largest absolute Gasteiger partial charge is 0.516 e. The summed E-state index contributed by atoms with van der Waals surface area (Å²) in [4.78, 5) is 18.0. The first-order valence-corrected chi connectivity index (χ1v) is 12.6. The first-order valence-electron chi connectivity index (χ1n) is 11.1. The second-order valence-electron chi connectivity index (χ2n) is 8.37. The number of benzene rings is 3. The van der Waals surface area contributed by atoms with Gasteiger partial charge in [0.1, 0.15) is 0 Å². The van der Waals surface area contributed by atoms with Crippen LogP contribution in [-0.2, 0) is 34.3 Å². The molecule has 10 heteroatoms. The number of sulfonamides is 1. The number of para-hydroxylation sites is 1. The van der Waals surface area contributed by atoms with Gasteiger partial charge in [-0.2, -0.15) is 21.6 Å². The van der Waals surface area contributed by atoms with Crippen molar-refractivity contribution in [3.63, 3.8) is 0 Å². The minimum Gasteiger partial charge on any atom is -0.361 e. The summed E-state index contributed by atoms with van der Waals surface area (Å²) in [6.45, 7) is 0.421. The molecule has 6 nitrogen and oxygen atoms in total. The Morgan fingerprint density at radius 2 is 1.39 bits per heavy atom. The van der Waals surface area contributed by atoms with Gasteiger partial charge in [-0.3, -0.25) is 9.69 Å². The van der Waals surface area contributed by atoms with Gasteiger partial charge in [-0.1, -0.05) is 78.9 Å². The molecule has 1 aromatic heterocycles. The molecule has 36 heavy (non-hydrogen) atoms. The summed E-state index contributed by atoms with van der Waals surface area (Å²) in [5, 5.41) is 0.799. The lowest BCUT2D eigenvalue weighted by atomic mass is 10.0. The van der Waals surface area contributed by atoms with Gasteiger partial charge in [0.25, 0.3) is 5.91 Å². The molecule has 0 saturated heterocycles. The normalized spacial score (nSPS) is 13.1. The highest BCUT2D eigenvalue weighted by molar-refractivity contribution is 7.90. The molecule has 0 aliphatic rings. The van der Waals surface area contributed by atoms with Crippen molar-refractivity contribution in [3.8, 4) is 0 Å². The smallest absolute Gasteiger partial charge is 0.361 e. The van der Waals surface area contributed by atoms with E-state index in [2.05, 4.69) is 4.98 Å². The molecular weight excluding hydrogens is 491 g/mol. The average Bonchev–Trinajstić information content (AvgIpc) is 3.25. The van der Waals surface area contributed by atoms with E-state index in [1.807, 2.05) is 84.9 Å². The Morgan fingerprint density at radius 1 is 0.861 bits per heavy atom. The maximum Gasteiger partial charge on any atom is 0.516 e. The average molecular weight is 516 g/mol. The van der Waals surface area contributed by atoms with Gasteiger partial charge in [0, 0.05) is 30.2 Å². The summed E-state index contributed by atoms with van der Waals surface area (Å²) in [6, 6.07) is 24.4. The first kappa shape index (κ1) is 25.5. The predicted octanol–water partition coefficient (Wildman–Crippen LogP) is 4.75. The lowest BCUT2D eigenvalue weighted by molar-refractivity contribution is -0.125. The Morgan fingerprint density at radius 3 is 1.94 bits per heavy atom.